The molecule has 1 N–H and O–H groups in total. The van der Waals surface area contributed by atoms with Crippen molar-refractivity contribution >= 4 is 33.3 Å². The van der Waals surface area contributed by atoms with Crippen LogP contribution in [0.4, 0.5) is 5.69 Å². The van der Waals surface area contributed by atoms with Gasteiger partial charge < -0.3 is 5.32 Å². The van der Waals surface area contributed by atoms with Crippen molar-refractivity contribution in [3.8, 4) is 0 Å². The van der Waals surface area contributed by atoms with Crippen molar-refractivity contribution < 1.29 is 22.8 Å². The molecular weight excluding hydrogens is 344 g/mol. The molecule has 0 radical (unpaired) electrons. The smallest absolute Gasteiger partial charge is 0.269 e. The Hall–Kier alpha value is -3.00. The van der Waals surface area contributed by atoms with Crippen molar-refractivity contribution in [2.75, 3.05) is 11.9 Å². The number of fused-ring (bicyclic) bond motifs is 1. The van der Waals surface area contributed by atoms with E-state index in [0.29, 0.717) is 15.6 Å². The van der Waals surface area contributed by atoms with Gasteiger partial charge in [-0.25, -0.2) is 12.7 Å². The third kappa shape index (κ3) is 3.03. The number of sulfonamides is 1. The predicted octanol–water partition coefficient (Wildman–Crippen LogP) is 1.67. The highest BCUT2D eigenvalue weighted by Crippen LogP contribution is 2.29. The molecule has 0 aliphatic carbocycles. The topological polar surface area (TPSA) is 101 Å². The monoisotopic (exact) mass is 358 g/mol. The summed E-state index contributed by atoms with van der Waals surface area (Å²) < 4.78 is 25.3. The van der Waals surface area contributed by atoms with Gasteiger partial charge in [0.1, 0.15) is 11.4 Å². The normalized spacial score (nSPS) is 14.9. The van der Waals surface area contributed by atoms with E-state index in [1.54, 1.807) is 18.2 Å². The fourth-order valence-electron chi connectivity index (χ4n) is 2.51. The molecule has 25 heavy (non-hydrogen) atoms. The number of Topliss-reactive ketones (excluding diaryl/α,β-unsaturated/α-hetero) is 1. The quantitative estimate of drug-likeness (QED) is 0.838. The molecule has 0 unspecified atom stereocenters. The van der Waals surface area contributed by atoms with Crippen LogP contribution in [-0.4, -0.2) is 36.9 Å². The van der Waals surface area contributed by atoms with Crippen molar-refractivity contribution in [3.05, 3.63) is 59.7 Å². The number of amides is 2. The number of anilines is 1. The number of hydrogen-bond donors (Lipinski definition) is 1. The highest BCUT2D eigenvalue weighted by molar-refractivity contribution is 7.90. The Morgan fingerprint density at radius 1 is 1.04 bits per heavy atom. The number of carbonyl (C=O) groups is 3. The van der Waals surface area contributed by atoms with E-state index in [1.165, 1.54) is 37.3 Å². The van der Waals surface area contributed by atoms with Gasteiger partial charge in [0.2, 0.25) is 5.91 Å². The average molecular weight is 358 g/mol. The molecule has 0 aromatic heterocycles. The number of hydrogen-bond acceptors (Lipinski definition) is 5. The van der Waals surface area contributed by atoms with Crippen molar-refractivity contribution in [1.82, 2.24) is 4.31 Å². The van der Waals surface area contributed by atoms with Gasteiger partial charge in [-0.2, -0.15) is 0 Å². The Bertz CT molecular complexity index is 980. The third-order valence-corrected chi connectivity index (χ3v) is 5.56. The summed E-state index contributed by atoms with van der Waals surface area (Å²) in [6, 6.07) is 12.0. The molecular formula is C17H14N2O5S. The zero-order chi connectivity index (χ0) is 18.2. The molecule has 0 bridgehead atoms. The van der Waals surface area contributed by atoms with Gasteiger partial charge in [-0.05, 0) is 43.3 Å². The Morgan fingerprint density at radius 2 is 1.68 bits per heavy atom. The summed E-state index contributed by atoms with van der Waals surface area (Å²) >= 11 is 0. The minimum atomic E-state index is -4.02. The summed E-state index contributed by atoms with van der Waals surface area (Å²) in [7, 11) is -4.02. The Labute approximate surface area is 144 Å². The molecule has 7 nitrogen and oxygen atoms in total. The van der Waals surface area contributed by atoms with Crippen LogP contribution in [0.25, 0.3) is 0 Å². The largest absolute Gasteiger partial charge is 0.325 e. The molecule has 2 aromatic rings. The standard InChI is InChI=1S/C17H14N2O5S/c1-11(20)12-6-8-13(9-7-12)18-16(21)10-19-17(22)14-4-2-3-5-15(14)25(19,23)24/h2-9H,10H2,1H3,(H,18,21). The van der Waals surface area contributed by atoms with Gasteiger partial charge in [0.25, 0.3) is 15.9 Å². The van der Waals surface area contributed by atoms with E-state index in [9.17, 15) is 22.8 Å². The fraction of sp³-hybridized carbons (Fsp3) is 0.118. The first-order valence-electron chi connectivity index (χ1n) is 7.37. The highest BCUT2D eigenvalue weighted by atomic mass is 32.2. The molecule has 0 saturated carbocycles. The minimum Gasteiger partial charge on any atom is -0.325 e. The second-order valence-corrected chi connectivity index (χ2v) is 7.33. The molecule has 8 heteroatoms. The lowest BCUT2D eigenvalue weighted by molar-refractivity contribution is -0.116. The SMILES string of the molecule is CC(=O)c1ccc(NC(=O)CN2C(=O)c3ccccc3S2(=O)=O)cc1. The number of ketones is 1. The molecule has 1 heterocycles. The van der Waals surface area contributed by atoms with Crippen LogP contribution in [0.15, 0.2) is 53.4 Å². The lowest BCUT2D eigenvalue weighted by Gasteiger charge is -2.14. The van der Waals surface area contributed by atoms with Crippen molar-refractivity contribution in [1.29, 1.82) is 0 Å². The molecule has 1 aliphatic rings. The van der Waals surface area contributed by atoms with Gasteiger partial charge in [0.15, 0.2) is 5.78 Å². The molecule has 1 aliphatic heterocycles. The first kappa shape index (κ1) is 16.8. The van der Waals surface area contributed by atoms with Crippen molar-refractivity contribution in [2.45, 2.75) is 11.8 Å². The molecule has 0 fully saturated rings. The van der Waals surface area contributed by atoms with Gasteiger partial charge in [0.05, 0.1) is 5.56 Å². The molecule has 0 spiro atoms. The maximum atomic E-state index is 12.4. The van der Waals surface area contributed by atoms with Gasteiger partial charge in [0, 0.05) is 11.3 Å². The van der Waals surface area contributed by atoms with Gasteiger partial charge in [-0.1, -0.05) is 12.1 Å². The summed E-state index contributed by atoms with van der Waals surface area (Å²) in [5.74, 6) is -1.48. The molecule has 2 amide bonds. The number of carbonyl (C=O) groups excluding carboxylic acids is 3. The first-order valence-corrected chi connectivity index (χ1v) is 8.81. The number of rotatable bonds is 4. The Morgan fingerprint density at radius 3 is 2.28 bits per heavy atom. The van der Waals surface area contributed by atoms with Crippen LogP contribution in [0.2, 0.25) is 0 Å². The minimum absolute atomic E-state index is 0.0566. The fourth-order valence-corrected chi connectivity index (χ4v) is 4.03. The predicted molar refractivity (Wildman–Crippen MR) is 89.7 cm³/mol. The number of nitrogens with zero attached hydrogens (tertiary/aromatic N) is 1. The van der Waals surface area contributed by atoms with Crippen LogP contribution in [0.3, 0.4) is 0 Å². The Balaban J connectivity index is 1.76. The van der Waals surface area contributed by atoms with Crippen LogP contribution in [-0.2, 0) is 14.8 Å². The van der Waals surface area contributed by atoms with Gasteiger partial charge in [-0.3, -0.25) is 14.4 Å². The van der Waals surface area contributed by atoms with Crippen LogP contribution >= 0.6 is 0 Å². The van der Waals surface area contributed by atoms with Crippen LogP contribution < -0.4 is 5.32 Å². The van der Waals surface area contributed by atoms with Crippen molar-refractivity contribution in [3.63, 3.8) is 0 Å². The maximum absolute atomic E-state index is 12.4. The van der Waals surface area contributed by atoms with Crippen molar-refractivity contribution in [2.24, 2.45) is 0 Å². The average Bonchev–Trinajstić information content (AvgIpc) is 2.77. The van der Waals surface area contributed by atoms with E-state index in [2.05, 4.69) is 5.32 Å². The summed E-state index contributed by atoms with van der Waals surface area (Å²) in [4.78, 5) is 35.5. The van der Waals surface area contributed by atoms with E-state index in [0.717, 1.165) is 0 Å². The first-order chi connectivity index (χ1) is 11.8. The summed E-state index contributed by atoms with van der Waals surface area (Å²) in [5, 5.41) is 2.51. The highest BCUT2D eigenvalue weighted by Gasteiger charge is 2.41. The van der Waals surface area contributed by atoms with Crippen LogP contribution in [0.5, 0.6) is 0 Å². The van der Waals surface area contributed by atoms with E-state index < -0.39 is 28.4 Å². The summed E-state index contributed by atoms with van der Waals surface area (Å²) in [5.41, 5.74) is 0.948. The second kappa shape index (κ2) is 6.14. The second-order valence-electron chi connectivity index (χ2n) is 5.49. The van der Waals surface area contributed by atoms with E-state index in [-0.39, 0.29) is 16.2 Å². The molecule has 0 atom stereocenters. The summed E-state index contributed by atoms with van der Waals surface area (Å²) in [6.45, 7) is 0.805. The van der Waals surface area contributed by atoms with E-state index in [1.807, 2.05) is 0 Å². The van der Waals surface area contributed by atoms with E-state index >= 15 is 0 Å². The molecule has 0 saturated heterocycles. The lowest BCUT2D eigenvalue weighted by Crippen LogP contribution is -2.37. The molecule has 128 valence electrons. The lowest BCUT2D eigenvalue weighted by atomic mass is 10.1. The molecule has 3 rings (SSSR count). The summed E-state index contributed by atoms with van der Waals surface area (Å²) in [6.07, 6.45) is 0. The zero-order valence-electron chi connectivity index (χ0n) is 13.2. The Kier molecular flexibility index (Phi) is 4.13. The van der Waals surface area contributed by atoms with Crippen LogP contribution in [0, 0.1) is 0 Å². The zero-order valence-corrected chi connectivity index (χ0v) is 14.0. The van der Waals surface area contributed by atoms with Gasteiger partial charge >= 0.3 is 0 Å². The molecule has 2 aromatic carbocycles. The van der Waals surface area contributed by atoms with Gasteiger partial charge in [-0.15, -0.1) is 0 Å². The van der Waals surface area contributed by atoms with E-state index in [4.69, 9.17) is 0 Å². The maximum Gasteiger partial charge on any atom is 0.269 e. The number of nitrogens with one attached hydrogen (secondary N) is 1. The van der Waals surface area contributed by atoms with Crippen LogP contribution in [0.1, 0.15) is 27.6 Å². The number of benzene rings is 2. The third-order valence-electron chi connectivity index (χ3n) is 3.77.